The van der Waals surface area contributed by atoms with E-state index in [9.17, 15) is 38.7 Å². The number of carbonyl (C=O) groups is 7. The van der Waals surface area contributed by atoms with E-state index in [1.807, 2.05) is 0 Å². The monoisotopic (exact) mass is 668 g/mol. The molecular formula is C34H40N2O12. The van der Waals surface area contributed by atoms with Crippen molar-refractivity contribution in [1.82, 2.24) is 5.32 Å². The summed E-state index contributed by atoms with van der Waals surface area (Å²) in [7, 11) is 0. The van der Waals surface area contributed by atoms with Crippen LogP contribution >= 0.6 is 0 Å². The van der Waals surface area contributed by atoms with Gasteiger partial charge >= 0.3 is 23.9 Å². The zero-order valence-electron chi connectivity index (χ0n) is 27.5. The molecule has 48 heavy (non-hydrogen) atoms. The molecule has 1 saturated heterocycles. The lowest BCUT2D eigenvalue weighted by molar-refractivity contribution is -0.183. The number of aromatic hydroxyl groups is 1. The summed E-state index contributed by atoms with van der Waals surface area (Å²) in [5.41, 5.74) is -1.75. The van der Waals surface area contributed by atoms with Crippen LogP contribution in [0.15, 0.2) is 48.5 Å². The number of anilines is 1. The SMILES string of the molecule is CC[C@H](C)[C@@H]1OC(=O)C(C)(C)C(=O)C(Cc2ccccc2)OC(=O)[C@H](C)OC(=O)[C@@H](NC(=O)c2cccc(NC=O)c2O)[C@@H](C)OC1=O. The third-order valence-corrected chi connectivity index (χ3v) is 8.00. The number of esters is 4. The third-order valence-electron chi connectivity index (χ3n) is 8.00. The second-order valence-corrected chi connectivity index (χ2v) is 12.0. The van der Waals surface area contributed by atoms with Gasteiger partial charge in [0.25, 0.3) is 5.91 Å². The Kier molecular flexibility index (Phi) is 12.4. The van der Waals surface area contributed by atoms with Gasteiger partial charge in [0.1, 0.15) is 11.5 Å². The zero-order chi connectivity index (χ0) is 35.8. The van der Waals surface area contributed by atoms with E-state index in [-0.39, 0.29) is 24.1 Å². The van der Waals surface area contributed by atoms with Crippen molar-refractivity contribution in [1.29, 1.82) is 0 Å². The Morgan fingerprint density at radius 1 is 0.917 bits per heavy atom. The predicted molar refractivity (Wildman–Crippen MR) is 168 cm³/mol. The number of nitrogens with one attached hydrogen (secondary N) is 2. The molecule has 2 aromatic carbocycles. The fourth-order valence-electron chi connectivity index (χ4n) is 4.74. The highest BCUT2D eigenvalue weighted by atomic mass is 16.6. The quantitative estimate of drug-likeness (QED) is 0.122. The van der Waals surface area contributed by atoms with Crippen LogP contribution in [0.5, 0.6) is 5.75 Å². The molecule has 0 radical (unpaired) electrons. The molecule has 1 aliphatic heterocycles. The predicted octanol–water partition coefficient (Wildman–Crippen LogP) is 2.64. The number of hydrogen-bond acceptors (Lipinski definition) is 12. The van der Waals surface area contributed by atoms with Crippen LogP contribution in [0.25, 0.3) is 0 Å². The normalized spacial score (nSPS) is 24.4. The molecule has 2 amide bonds. The fourth-order valence-corrected chi connectivity index (χ4v) is 4.74. The summed E-state index contributed by atoms with van der Waals surface area (Å²) in [6.45, 7) is 8.36. The van der Waals surface area contributed by atoms with Gasteiger partial charge in [-0.3, -0.25) is 19.2 Å². The maximum atomic E-state index is 13.8. The first-order chi connectivity index (χ1) is 22.6. The van der Waals surface area contributed by atoms with Crippen LogP contribution in [0.2, 0.25) is 0 Å². The van der Waals surface area contributed by atoms with Crippen molar-refractivity contribution in [3.8, 4) is 5.75 Å². The molecule has 1 fully saturated rings. The first kappa shape index (κ1) is 37.2. The van der Waals surface area contributed by atoms with Crippen LogP contribution in [0, 0.1) is 11.3 Å². The van der Waals surface area contributed by atoms with Crippen LogP contribution in [-0.2, 0) is 54.1 Å². The molecule has 14 nitrogen and oxygen atoms in total. The Bertz CT molecular complexity index is 1540. The fraction of sp³-hybridized carbons (Fsp3) is 0.441. The van der Waals surface area contributed by atoms with Gasteiger partial charge in [-0.15, -0.1) is 0 Å². The maximum absolute atomic E-state index is 13.8. The van der Waals surface area contributed by atoms with Crippen molar-refractivity contribution in [2.24, 2.45) is 11.3 Å². The van der Waals surface area contributed by atoms with Gasteiger partial charge in [0.05, 0.1) is 11.3 Å². The Labute approximate surface area is 277 Å². The molecule has 0 bridgehead atoms. The number of hydrogen-bond donors (Lipinski definition) is 3. The molecule has 258 valence electrons. The summed E-state index contributed by atoms with van der Waals surface area (Å²) in [5, 5.41) is 15.1. The molecule has 0 spiro atoms. The summed E-state index contributed by atoms with van der Waals surface area (Å²) < 4.78 is 22.0. The Hall–Kier alpha value is -5.27. The van der Waals surface area contributed by atoms with Gasteiger partial charge in [-0.05, 0) is 51.8 Å². The highest BCUT2D eigenvalue weighted by Gasteiger charge is 2.47. The molecule has 14 heteroatoms. The minimum atomic E-state index is -1.90. The largest absolute Gasteiger partial charge is 0.505 e. The van der Waals surface area contributed by atoms with E-state index in [0.717, 1.165) is 0 Å². The van der Waals surface area contributed by atoms with Crippen LogP contribution in [0.1, 0.15) is 63.9 Å². The lowest BCUT2D eigenvalue weighted by atomic mass is 9.83. The molecule has 2 aromatic rings. The van der Waals surface area contributed by atoms with E-state index in [4.69, 9.17) is 18.9 Å². The Morgan fingerprint density at radius 3 is 2.21 bits per heavy atom. The highest BCUT2D eigenvalue weighted by molar-refractivity contribution is 6.06. The number of benzene rings is 2. The first-order valence-electron chi connectivity index (χ1n) is 15.4. The average Bonchev–Trinajstić information content (AvgIpc) is 3.05. The highest BCUT2D eigenvalue weighted by Crippen LogP contribution is 2.29. The number of carbonyl (C=O) groups excluding carboxylic acids is 7. The van der Waals surface area contributed by atoms with E-state index in [2.05, 4.69) is 10.6 Å². The molecular weight excluding hydrogens is 628 g/mol. The number of rotatable bonds is 8. The molecule has 1 heterocycles. The van der Waals surface area contributed by atoms with Crippen LogP contribution < -0.4 is 10.6 Å². The van der Waals surface area contributed by atoms with Crippen molar-refractivity contribution in [3.63, 3.8) is 0 Å². The van der Waals surface area contributed by atoms with Gasteiger partial charge in [-0.25, -0.2) is 14.4 Å². The van der Waals surface area contributed by atoms with Crippen LogP contribution in [0.3, 0.4) is 0 Å². The summed E-state index contributed by atoms with van der Waals surface area (Å²) in [4.78, 5) is 91.8. The smallest absolute Gasteiger partial charge is 0.348 e. The second-order valence-electron chi connectivity index (χ2n) is 12.0. The zero-order valence-corrected chi connectivity index (χ0v) is 27.5. The van der Waals surface area contributed by atoms with Gasteiger partial charge in [-0.1, -0.05) is 50.2 Å². The number of Topliss-reactive ketones (excluding diaryl/α,β-unsaturated/α-hetero) is 1. The van der Waals surface area contributed by atoms with E-state index < -0.39 is 83.1 Å². The summed E-state index contributed by atoms with van der Waals surface area (Å²) in [6.07, 6.45) is -5.66. The molecule has 0 aliphatic carbocycles. The van der Waals surface area contributed by atoms with E-state index in [1.165, 1.54) is 45.9 Å². The van der Waals surface area contributed by atoms with E-state index in [0.29, 0.717) is 12.0 Å². The molecule has 0 saturated carbocycles. The number of cyclic esters (lactones) is 4. The molecule has 1 unspecified atom stereocenters. The van der Waals surface area contributed by atoms with Crippen molar-refractivity contribution in [2.45, 2.75) is 84.8 Å². The van der Waals surface area contributed by atoms with E-state index in [1.54, 1.807) is 44.2 Å². The van der Waals surface area contributed by atoms with Gasteiger partial charge in [-0.2, -0.15) is 0 Å². The minimum Gasteiger partial charge on any atom is -0.505 e. The third kappa shape index (κ3) is 8.75. The summed E-state index contributed by atoms with van der Waals surface area (Å²) in [5.74, 6) is -7.58. The van der Waals surface area contributed by atoms with Gasteiger partial charge in [0, 0.05) is 12.3 Å². The van der Waals surface area contributed by atoms with Gasteiger partial charge in [0.15, 0.2) is 29.8 Å². The number of para-hydroxylation sites is 1. The number of ketones is 1. The minimum absolute atomic E-state index is 0.0983. The maximum Gasteiger partial charge on any atom is 0.348 e. The number of amides is 2. The van der Waals surface area contributed by atoms with Crippen LogP contribution in [0.4, 0.5) is 5.69 Å². The Balaban J connectivity index is 2.05. The summed E-state index contributed by atoms with van der Waals surface area (Å²) >= 11 is 0. The lowest BCUT2D eigenvalue weighted by Gasteiger charge is -2.30. The van der Waals surface area contributed by atoms with Crippen molar-refractivity contribution in [3.05, 3.63) is 59.7 Å². The van der Waals surface area contributed by atoms with E-state index >= 15 is 0 Å². The number of phenols is 1. The topological polar surface area (TPSA) is 201 Å². The molecule has 3 rings (SSSR count). The van der Waals surface area contributed by atoms with Crippen molar-refractivity contribution < 1.29 is 57.6 Å². The molecule has 0 aromatic heterocycles. The number of phenolic OH excluding ortho intramolecular Hbond substituents is 1. The first-order valence-corrected chi connectivity index (χ1v) is 15.4. The van der Waals surface area contributed by atoms with Crippen LogP contribution in [-0.4, -0.2) is 77.5 Å². The lowest BCUT2D eigenvalue weighted by Crippen LogP contribution is -2.52. The molecule has 6 atom stereocenters. The van der Waals surface area contributed by atoms with Crippen molar-refractivity contribution in [2.75, 3.05) is 5.32 Å². The standard InChI is InChI=1S/C34H40N2O12/c1-7-18(2)27-32(43)45-19(3)25(36-29(40)22-14-11-15-23(26(22)38)35-17-37)31(42)46-20(4)30(41)47-24(16-21-12-9-8-10-13-21)28(39)34(5,6)33(44)48-27/h8-15,17-20,24-25,27,38H,7,16H2,1-6H3,(H,35,37)(H,36,40)/t18-,19+,20-,24?,25-,27-/m0/s1. The van der Waals surface area contributed by atoms with Gasteiger partial charge < -0.3 is 34.7 Å². The Morgan fingerprint density at radius 2 is 1.58 bits per heavy atom. The second kappa shape index (κ2) is 16.0. The van der Waals surface area contributed by atoms with Crippen molar-refractivity contribution >= 4 is 47.7 Å². The average molecular weight is 669 g/mol. The number of ether oxygens (including phenoxy) is 4. The molecule has 1 aliphatic rings. The van der Waals surface area contributed by atoms with Gasteiger partial charge in [0.2, 0.25) is 12.5 Å². The molecule has 3 N–H and O–H groups in total. The summed E-state index contributed by atoms with van der Waals surface area (Å²) in [6, 6.07) is 10.7.